The first-order valence-electron chi connectivity index (χ1n) is 13.0. The lowest BCUT2D eigenvalue weighted by Gasteiger charge is -2.25. The highest BCUT2D eigenvalue weighted by molar-refractivity contribution is 5.65. The van der Waals surface area contributed by atoms with Crippen molar-refractivity contribution >= 4 is 11.4 Å². The summed E-state index contributed by atoms with van der Waals surface area (Å²) in [5.41, 5.74) is 14.0. The molecule has 1 saturated heterocycles. The van der Waals surface area contributed by atoms with Gasteiger partial charge in [0.2, 0.25) is 0 Å². The minimum absolute atomic E-state index is 0.255. The third kappa shape index (κ3) is 10.3. The maximum Gasteiger partial charge on any atom is 0.0894 e. The standard InChI is InChI=1S/C27H35N5O.C3H8/c1-3-5-26(32-27(28)19-30-33)23-13-9-21(10-14-23)7-8-22-11-15-25(16-12-22)31-20(2)24-6-4-17-29-18-24;1-3-2/h5,9-16,24,27,29-33H,2-4,6,17-19,28H2,1H3;3H2,1-2H3/b26-5+;. The Labute approximate surface area is 217 Å². The summed E-state index contributed by atoms with van der Waals surface area (Å²) in [5.74, 6) is 6.94. The van der Waals surface area contributed by atoms with E-state index in [2.05, 4.69) is 66.7 Å². The average Bonchev–Trinajstić information content (AvgIpc) is 2.89. The Morgan fingerprint density at radius 1 is 1.11 bits per heavy atom. The van der Waals surface area contributed by atoms with Gasteiger partial charge in [0, 0.05) is 40.7 Å². The molecule has 6 heteroatoms. The third-order valence-corrected chi connectivity index (χ3v) is 5.59. The van der Waals surface area contributed by atoms with E-state index in [0.29, 0.717) is 5.92 Å². The second-order valence-corrected chi connectivity index (χ2v) is 8.94. The number of allylic oxidation sites excluding steroid dienone is 1. The largest absolute Gasteiger partial charge is 0.369 e. The molecule has 194 valence electrons. The first-order valence-corrected chi connectivity index (χ1v) is 13.0. The average molecular weight is 490 g/mol. The topological polar surface area (TPSA) is 94.4 Å². The number of hydroxylamine groups is 1. The van der Waals surface area contributed by atoms with Gasteiger partial charge in [0.1, 0.15) is 0 Å². The van der Waals surface area contributed by atoms with Crippen LogP contribution >= 0.6 is 0 Å². The fourth-order valence-electron chi connectivity index (χ4n) is 3.76. The van der Waals surface area contributed by atoms with Gasteiger partial charge in [0.15, 0.2) is 0 Å². The minimum atomic E-state index is -0.388. The lowest BCUT2D eigenvalue weighted by atomic mass is 9.96. The third-order valence-electron chi connectivity index (χ3n) is 5.59. The molecule has 3 rings (SSSR count). The van der Waals surface area contributed by atoms with E-state index in [0.717, 1.165) is 53.3 Å². The molecule has 1 heterocycles. The highest BCUT2D eigenvalue weighted by atomic mass is 16.5. The molecule has 2 unspecified atom stereocenters. The molecule has 0 bridgehead atoms. The molecule has 2 atom stereocenters. The summed E-state index contributed by atoms with van der Waals surface area (Å²) in [4.78, 5) is 0. The van der Waals surface area contributed by atoms with Gasteiger partial charge in [0.25, 0.3) is 0 Å². The molecule has 0 aliphatic carbocycles. The predicted octanol–water partition coefficient (Wildman–Crippen LogP) is 5.03. The van der Waals surface area contributed by atoms with Crippen LogP contribution in [0.15, 0.2) is 66.9 Å². The molecule has 1 fully saturated rings. The van der Waals surface area contributed by atoms with Crippen molar-refractivity contribution in [2.24, 2.45) is 11.7 Å². The van der Waals surface area contributed by atoms with E-state index in [9.17, 15) is 0 Å². The molecule has 7 N–H and O–H groups in total. The first kappa shape index (κ1) is 29.2. The predicted molar refractivity (Wildman–Crippen MR) is 152 cm³/mol. The van der Waals surface area contributed by atoms with Gasteiger partial charge >= 0.3 is 0 Å². The second kappa shape index (κ2) is 16.6. The Morgan fingerprint density at radius 3 is 2.25 bits per heavy atom. The summed E-state index contributed by atoms with van der Waals surface area (Å²) in [6.45, 7) is 12.9. The maximum absolute atomic E-state index is 8.83. The van der Waals surface area contributed by atoms with Gasteiger partial charge in [-0.2, -0.15) is 0 Å². The van der Waals surface area contributed by atoms with Crippen molar-refractivity contribution in [1.29, 1.82) is 0 Å². The Hall–Kier alpha value is -3.08. The van der Waals surface area contributed by atoms with Crippen LogP contribution in [-0.4, -0.2) is 31.0 Å². The molecule has 1 aliphatic heterocycles. The number of benzene rings is 2. The van der Waals surface area contributed by atoms with E-state index >= 15 is 0 Å². The summed E-state index contributed by atoms with van der Waals surface area (Å²) in [6.07, 6.45) is 6.19. The van der Waals surface area contributed by atoms with Crippen LogP contribution < -0.4 is 27.2 Å². The molecule has 6 nitrogen and oxygen atoms in total. The molecule has 0 saturated carbocycles. The first-order chi connectivity index (χ1) is 17.5. The second-order valence-electron chi connectivity index (χ2n) is 8.94. The van der Waals surface area contributed by atoms with Gasteiger partial charge in [-0.1, -0.05) is 63.8 Å². The van der Waals surface area contributed by atoms with E-state index < -0.39 is 0 Å². The molecule has 0 spiro atoms. The zero-order valence-corrected chi connectivity index (χ0v) is 22.0. The Kier molecular flexibility index (Phi) is 13.4. The molecule has 0 amide bonds. The van der Waals surface area contributed by atoms with Crippen molar-refractivity contribution in [3.8, 4) is 11.8 Å². The molecule has 0 radical (unpaired) electrons. The Bertz CT molecular complexity index is 996. The highest BCUT2D eigenvalue weighted by Gasteiger charge is 2.15. The van der Waals surface area contributed by atoms with Crippen molar-refractivity contribution in [3.63, 3.8) is 0 Å². The van der Waals surface area contributed by atoms with Crippen molar-refractivity contribution in [1.82, 2.24) is 16.1 Å². The fraction of sp³-hybridized carbons (Fsp3) is 0.400. The SMILES string of the molecule is C=C(Nc1ccc(C#Cc2ccc(/C(=C\CC)NC(N)CNO)cc2)cc1)C1CCCNC1.CCC. The van der Waals surface area contributed by atoms with E-state index in [1.165, 1.54) is 19.3 Å². The van der Waals surface area contributed by atoms with Gasteiger partial charge in [0.05, 0.1) is 12.7 Å². The molecule has 36 heavy (non-hydrogen) atoms. The molecular weight excluding hydrogens is 446 g/mol. The summed E-state index contributed by atoms with van der Waals surface area (Å²) in [7, 11) is 0. The lowest BCUT2D eigenvalue weighted by molar-refractivity contribution is 0.158. The zero-order chi connectivity index (χ0) is 26.2. The van der Waals surface area contributed by atoms with E-state index in [-0.39, 0.29) is 12.7 Å². The number of anilines is 1. The summed E-state index contributed by atoms with van der Waals surface area (Å²) < 4.78 is 0. The number of nitrogens with two attached hydrogens (primary N) is 1. The van der Waals surface area contributed by atoms with E-state index in [1.807, 2.05) is 48.5 Å². The lowest BCUT2D eigenvalue weighted by Crippen LogP contribution is -2.43. The zero-order valence-electron chi connectivity index (χ0n) is 22.0. The highest BCUT2D eigenvalue weighted by Crippen LogP contribution is 2.21. The number of hydrogen-bond acceptors (Lipinski definition) is 6. The van der Waals surface area contributed by atoms with E-state index in [4.69, 9.17) is 10.9 Å². The number of hydrogen-bond donors (Lipinski definition) is 6. The van der Waals surface area contributed by atoms with Gasteiger partial charge in [-0.25, -0.2) is 5.48 Å². The van der Waals surface area contributed by atoms with Crippen LogP contribution in [0.3, 0.4) is 0 Å². The van der Waals surface area contributed by atoms with Gasteiger partial charge in [-0.15, -0.1) is 0 Å². The minimum Gasteiger partial charge on any atom is -0.369 e. The number of nitrogens with one attached hydrogen (secondary N) is 4. The Balaban J connectivity index is 0.00000145. The molecule has 2 aromatic carbocycles. The van der Waals surface area contributed by atoms with Crippen molar-refractivity contribution in [2.75, 3.05) is 25.0 Å². The van der Waals surface area contributed by atoms with Crippen LogP contribution in [0.1, 0.15) is 63.1 Å². The van der Waals surface area contributed by atoms with Crippen LogP contribution in [0, 0.1) is 17.8 Å². The monoisotopic (exact) mass is 489 g/mol. The fourth-order valence-corrected chi connectivity index (χ4v) is 3.76. The van der Waals surface area contributed by atoms with Crippen molar-refractivity contribution < 1.29 is 5.21 Å². The molecule has 1 aliphatic rings. The van der Waals surface area contributed by atoms with Crippen molar-refractivity contribution in [3.05, 3.63) is 83.6 Å². The molecule has 2 aromatic rings. The summed E-state index contributed by atoms with van der Waals surface area (Å²) in [5, 5.41) is 18.9. The van der Waals surface area contributed by atoms with Crippen LogP contribution in [0.5, 0.6) is 0 Å². The van der Waals surface area contributed by atoms with Crippen molar-refractivity contribution in [2.45, 2.75) is 52.6 Å². The van der Waals surface area contributed by atoms with Gasteiger partial charge < -0.3 is 26.9 Å². The van der Waals surface area contributed by atoms with E-state index in [1.54, 1.807) is 0 Å². The Morgan fingerprint density at radius 2 is 1.72 bits per heavy atom. The van der Waals surface area contributed by atoms with Crippen LogP contribution in [-0.2, 0) is 0 Å². The quantitative estimate of drug-likeness (QED) is 0.168. The number of rotatable bonds is 9. The summed E-state index contributed by atoms with van der Waals surface area (Å²) >= 11 is 0. The van der Waals surface area contributed by atoms with Gasteiger partial charge in [-0.3, -0.25) is 0 Å². The van der Waals surface area contributed by atoms with Crippen LogP contribution in [0.2, 0.25) is 0 Å². The molecule has 0 aromatic heterocycles. The maximum atomic E-state index is 8.83. The smallest absolute Gasteiger partial charge is 0.0894 e. The normalized spacial score (nSPS) is 16.0. The molecular formula is C30H43N5O. The number of piperidine rings is 1. The van der Waals surface area contributed by atoms with Crippen LogP contribution in [0.25, 0.3) is 5.70 Å². The van der Waals surface area contributed by atoms with Gasteiger partial charge in [-0.05, 0) is 67.8 Å². The van der Waals surface area contributed by atoms with Crippen LogP contribution in [0.4, 0.5) is 5.69 Å². The summed E-state index contributed by atoms with van der Waals surface area (Å²) in [6, 6.07) is 16.2.